The molecule has 0 heterocycles. The van der Waals surface area contributed by atoms with E-state index < -0.39 is 10.4 Å². The van der Waals surface area contributed by atoms with E-state index in [4.69, 9.17) is 17.5 Å². The zero-order valence-electron chi connectivity index (χ0n) is 5.04. The predicted molar refractivity (Wildman–Crippen MR) is 10.5 cm³/mol. The molecule has 0 rings (SSSR count). The summed E-state index contributed by atoms with van der Waals surface area (Å²) in [5.74, 6) is 0. The Bertz CT molecular complexity index is 97.2. The van der Waals surface area contributed by atoms with Crippen molar-refractivity contribution in [3.63, 3.8) is 0 Å². The van der Waals surface area contributed by atoms with Crippen LogP contribution in [0, 0.1) is 0 Å². The molecule has 8 heteroatoms. The third kappa shape index (κ3) is 77.6. The van der Waals surface area contributed by atoms with Gasteiger partial charge in [0.05, 0.1) is 0 Å². The molecular formula is LiNa2O4S+. The summed E-state index contributed by atoms with van der Waals surface area (Å²) in [4.78, 5) is 0. The van der Waals surface area contributed by atoms with Gasteiger partial charge in [0, 0.05) is 10.4 Å². The minimum absolute atomic E-state index is 0. The van der Waals surface area contributed by atoms with E-state index in [9.17, 15) is 0 Å². The Morgan fingerprint density at radius 1 is 1.00 bits per heavy atom. The van der Waals surface area contributed by atoms with Crippen molar-refractivity contribution in [1.82, 2.24) is 0 Å². The summed E-state index contributed by atoms with van der Waals surface area (Å²) in [6.45, 7) is 0. The summed E-state index contributed by atoms with van der Waals surface area (Å²) >= 11 is 0. The number of rotatable bonds is 0. The van der Waals surface area contributed by atoms with Gasteiger partial charge in [0.15, 0.2) is 0 Å². The van der Waals surface area contributed by atoms with E-state index in [1.54, 1.807) is 0 Å². The fraction of sp³-hybridized carbons (Fsp3) is 0. The van der Waals surface area contributed by atoms with Crippen LogP contribution >= 0.6 is 0 Å². The molecule has 0 atom stereocenters. The Labute approximate surface area is 104 Å². The maximum Gasteiger partial charge on any atom is 1.00 e. The van der Waals surface area contributed by atoms with Gasteiger partial charge in [-0.15, -0.1) is 0 Å². The molecule has 0 fully saturated rings. The summed E-state index contributed by atoms with van der Waals surface area (Å²) in [6.07, 6.45) is 0. The first kappa shape index (κ1) is 22.4. The van der Waals surface area contributed by atoms with Gasteiger partial charge in [-0.1, -0.05) is 0 Å². The molecule has 0 bridgehead atoms. The van der Waals surface area contributed by atoms with Crippen molar-refractivity contribution in [3.05, 3.63) is 0 Å². The van der Waals surface area contributed by atoms with Gasteiger partial charge >= 0.3 is 78.0 Å². The monoisotopic (exact) mass is 149 g/mol. The second kappa shape index (κ2) is 9.47. The first-order valence-electron chi connectivity index (χ1n) is 0.667. The second-order valence-corrected chi connectivity index (χ2v) is 1.22. The Balaban J connectivity index is -0.0000000267. The largest absolute Gasteiger partial charge is 1.00 e. The Morgan fingerprint density at radius 2 is 1.00 bits per heavy atom. The van der Waals surface area contributed by atoms with Gasteiger partial charge in [-0.05, 0) is 0 Å². The van der Waals surface area contributed by atoms with Gasteiger partial charge < -0.3 is 9.11 Å². The molecular weight excluding hydrogens is 149 g/mol. The standard InChI is InChI=1S/Li.2Na.H2O4S/c;;;1-5(2,3)4/h;;;(H2,1,2,3,4)/q3*+1;/p-2. The van der Waals surface area contributed by atoms with Crippen LogP contribution in [-0.4, -0.2) is 17.5 Å². The smallest absolute Gasteiger partial charge is 0.759 e. The van der Waals surface area contributed by atoms with E-state index in [1.807, 2.05) is 0 Å². The van der Waals surface area contributed by atoms with Crippen LogP contribution in [0.3, 0.4) is 0 Å². The zero-order chi connectivity index (χ0) is 4.50. The van der Waals surface area contributed by atoms with Crippen molar-refractivity contribution < 1.29 is 95.5 Å². The van der Waals surface area contributed by atoms with Crippen molar-refractivity contribution in [1.29, 1.82) is 0 Å². The molecule has 0 aromatic heterocycles. The normalized spacial score (nSPS) is 7.25. The van der Waals surface area contributed by atoms with Crippen molar-refractivity contribution >= 4 is 10.4 Å². The van der Waals surface area contributed by atoms with E-state index in [1.165, 1.54) is 0 Å². The van der Waals surface area contributed by atoms with Gasteiger partial charge in [0.25, 0.3) is 0 Å². The number of hydrogen-bond acceptors (Lipinski definition) is 4. The molecule has 0 amide bonds. The van der Waals surface area contributed by atoms with Crippen molar-refractivity contribution in [2.45, 2.75) is 0 Å². The van der Waals surface area contributed by atoms with Gasteiger partial charge in [0.2, 0.25) is 0 Å². The molecule has 4 nitrogen and oxygen atoms in total. The van der Waals surface area contributed by atoms with Crippen LogP contribution in [0.5, 0.6) is 0 Å². The summed E-state index contributed by atoms with van der Waals surface area (Å²) < 4.78 is 34.1. The second-order valence-electron chi connectivity index (χ2n) is 0.408. The van der Waals surface area contributed by atoms with Crippen molar-refractivity contribution in [3.8, 4) is 0 Å². The van der Waals surface area contributed by atoms with E-state index in [-0.39, 0.29) is 78.0 Å². The molecule has 0 radical (unpaired) electrons. The molecule has 0 spiro atoms. The van der Waals surface area contributed by atoms with E-state index >= 15 is 0 Å². The molecule has 0 aromatic carbocycles. The predicted octanol–water partition coefficient (Wildman–Crippen LogP) is -10.3. The number of hydrogen-bond donors (Lipinski definition) is 0. The van der Waals surface area contributed by atoms with Crippen LogP contribution in [0.15, 0.2) is 0 Å². The van der Waals surface area contributed by atoms with Crippen molar-refractivity contribution in [2.75, 3.05) is 0 Å². The van der Waals surface area contributed by atoms with E-state index in [0.29, 0.717) is 0 Å². The van der Waals surface area contributed by atoms with Crippen LogP contribution in [0.25, 0.3) is 0 Å². The molecule has 0 N–H and O–H groups in total. The molecule has 0 saturated carbocycles. The van der Waals surface area contributed by atoms with Gasteiger partial charge in [-0.2, -0.15) is 0 Å². The quantitative estimate of drug-likeness (QED) is 0.194. The zero-order valence-corrected chi connectivity index (χ0v) is 9.86. The van der Waals surface area contributed by atoms with Gasteiger partial charge in [-0.3, -0.25) is 8.42 Å². The van der Waals surface area contributed by atoms with E-state index in [0.717, 1.165) is 0 Å². The van der Waals surface area contributed by atoms with Crippen LogP contribution < -0.4 is 78.0 Å². The molecule has 0 aliphatic rings. The molecule has 8 heavy (non-hydrogen) atoms. The summed E-state index contributed by atoms with van der Waals surface area (Å²) in [7, 11) is -5.17. The van der Waals surface area contributed by atoms with Crippen LogP contribution in [-0.2, 0) is 10.4 Å². The van der Waals surface area contributed by atoms with Crippen molar-refractivity contribution in [2.24, 2.45) is 0 Å². The Hall–Kier alpha value is 2.47. The first-order valence-corrected chi connectivity index (χ1v) is 2.00. The summed E-state index contributed by atoms with van der Waals surface area (Å²) in [5, 5.41) is 0. The average Bonchev–Trinajstić information content (AvgIpc) is 0.722. The van der Waals surface area contributed by atoms with Gasteiger partial charge in [0.1, 0.15) is 0 Å². The third-order valence-electron chi connectivity index (χ3n) is 0. The summed E-state index contributed by atoms with van der Waals surface area (Å²) in [6, 6.07) is 0. The fourth-order valence-electron chi connectivity index (χ4n) is 0. The Morgan fingerprint density at radius 3 is 1.00 bits per heavy atom. The summed E-state index contributed by atoms with van der Waals surface area (Å²) in [5.41, 5.74) is 0. The first-order chi connectivity index (χ1) is 2.00. The minimum atomic E-state index is -5.17. The third-order valence-corrected chi connectivity index (χ3v) is 0. The molecule has 0 aliphatic heterocycles. The van der Waals surface area contributed by atoms with Gasteiger partial charge in [-0.25, -0.2) is 0 Å². The molecule has 0 saturated heterocycles. The fourth-order valence-corrected chi connectivity index (χ4v) is 0. The maximum absolute atomic E-state index is 8.52. The molecule has 32 valence electrons. The van der Waals surface area contributed by atoms with Crippen LogP contribution in [0.1, 0.15) is 0 Å². The average molecular weight is 149 g/mol. The Kier molecular flexibility index (Phi) is 26.5. The minimum Gasteiger partial charge on any atom is -0.759 e. The molecule has 0 aliphatic carbocycles. The SMILES string of the molecule is O=S(=O)([O-])[O-].[Li+].[Na+].[Na+]. The van der Waals surface area contributed by atoms with E-state index in [2.05, 4.69) is 0 Å². The van der Waals surface area contributed by atoms with Crippen LogP contribution in [0.4, 0.5) is 0 Å². The topological polar surface area (TPSA) is 80.3 Å². The van der Waals surface area contributed by atoms with Crippen LogP contribution in [0.2, 0.25) is 0 Å². The molecule has 0 unspecified atom stereocenters. The molecule has 0 aromatic rings. The maximum atomic E-state index is 8.52.